The molecule has 0 heterocycles. The zero-order valence-electron chi connectivity index (χ0n) is 5.28. The van der Waals surface area contributed by atoms with Gasteiger partial charge in [0.15, 0.2) is 0 Å². The molecule has 4 heteroatoms. The highest BCUT2D eigenvalue weighted by atomic mass is 16.4. The SMILES string of the molecule is C=CC(CC(=O)O)C(=O)O. The second-order valence-electron chi connectivity index (χ2n) is 1.78. The van der Waals surface area contributed by atoms with Crippen molar-refractivity contribution in [3.63, 3.8) is 0 Å². The molecule has 56 valence electrons. The van der Waals surface area contributed by atoms with E-state index in [0.717, 1.165) is 6.08 Å². The largest absolute Gasteiger partial charge is 0.481 e. The summed E-state index contributed by atoms with van der Waals surface area (Å²) in [5, 5.41) is 16.4. The Morgan fingerprint density at radius 1 is 1.50 bits per heavy atom. The lowest BCUT2D eigenvalue weighted by atomic mass is 10.1. The molecule has 1 atom stereocenters. The fourth-order valence-corrected chi connectivity index (χ4v) is 0.460. The Morgan fingerprint density at radius 2 is 2.00 bits per heavy atom. The number of aliphatic carboxylic acids is 2. The van der Waals surface area contributed by atoms with Crippen LogP contribution in [0.25, 0.3) is 0 Å². The van der Waals surface area contributed by atoms with E-state index in [2.05, 4.69) is 6.58 Å². The van der Waals surface area contributed by atoms with Crippen molar-refractivity contribution in [3.8, 4) is 0 Å². The van der Waals surface area contributed by atoms with Crippen molar-refractivity contribution in [1.29, 1.82) is 0 Å². The standard InChI is InChI=1S/C6H8O4/c1-2-4(6(9)10)3-5(7)8/h2,4H,1,3H2,(H,7,8)(H,9,10). The fourth-order valence-electron chi connectivity index (χ4n) is 0.460. The highest BCUT2D eigenvalue weighted by molar-refractivity contribution is 5.79. The third-order valence-corrected chi connectivity index (χ3v) is 0.996. The molecule has 0 aliphatic rings. The first-order valence-corrected chi connectivity index (χ1v) is 2.65. The predicted molar refractivity (Wildman–Crippen MR) is 33.6 cm³/mol. The van der Waals surface area contributed by atoms with Gasteiger partial charge in [0, 0.05) is 0 Å². The molecule has 0 radical (unpaired) electrons. The summed E-state index contributed by atoms with van der Waals surface area (Å²) in [5.41, 5.74) is 0. The van der Waals surface area contributed by atoms with Gasteiger partial charge in [-0.15, -0.1) is 6.58 Å². The second-order valence-corrected chi connectivity index (χ2v) is 1.78. The number of rotatable bonds is 4. The van der Waals surface area contributed by atoms with Gasteiger partial charge < -0.3 is 10.2 Å². The smallest absolute Gasteiger partial charge is 0.310 e. The molecular formula is C6H8O4. The highest BCUT2D eigenvalue weighted by Crippen LogP contribution is 2.03. The van der Waals surface area contributed by atoms with Crippen molar-refractivity contribution in [1.82, 2.24) is 0 Å². The van der Waals surface area contributed by atoms with Crippen LogP contribution in [0.2, 0.25) is 0 Å². The van der Waals surface area contributed by atoms with Crippen molar-refractivity contribution >= 4 is 11.9 Å². The van der Waals surface area contributed by atoms with Gasteiger partial charge in [-0.3, -0.25) is 9.59 Å². The first-order chi connectivity index (χ1) is 4.57. The van der Waals surface area contributed by atoms with Gasteiger partial charge in [0.25, 0.3) is 0 Å². The molecule has 0 rings (SSSR count). The van der Waals surface area contributed by atoms with Crippen molar-refractivity contribution < 1.29 is 19.8 Å². The quantitative estimate of drug-likeness (QED) is 0.558. The van der Waals surface area contributed by atoms with E-state index in [1.807, 2.05) is 0 Å². The molecular weight excluding hydrogens is 136 g/mol. The van der Waals surface area contributed by atoms with Gasteiger partial charge in [-0.2, -0.15) is 0 Å². The molecule has 0 aromatic carbocycles. The average molecular weight is 144 g/mol. The zero-order valence-corrected chi connectivity index (χ0v) is 5.28. The van der Waals surface area contributed by atoms with E-state index in [0.29, 0.717) is 0 Å². The topological polar surface area (TPSA) is 74.6 Å². The highest BCUT2D eigenvalue weighted by Gasteiger charge is 2.16. The molecule has 10 heavy (non-hydrogen) atoms. The molecule has 0 aliphatic carbocycles. The lowest BCUT2D eigenvalue weighted by Gasteiger charge is -2.00. The minimum absolute atomic E-state index is 0.404. The molecule has 0 spiro atoms. The third-order valence-electron chi connectivity index (χ3n) is 0.996. The van der Waals surface area contributed by atoms with Crippen LogP contribution in [-0.2, 0) is 9.59 Å². The van der Waals surface area contributed by atoms with Gasteiger partial charge >= 0.3 is 11.9 Å². The van der Waals surface area contributed by atoms with E-state index < -0.39 is 24.3 Å². The Balaban J connectivity index is 3.96. The van der Waals surface area contributed by atoms with Gasteiger partial charge in [0.05, 0.1) is 12.3 Å². The summed E-state index contributed by atoms with van der Waals surface area (Å²) < 4.78 is 0. The van der Waals surface area contributed by atoms with E-state index in [1.165, 1.54) is 0 Å². The summed E-state index contributed by atoms with van der Waals surface area (Å²) in [6, 6.07) is 0. The molecule has 0 fully saturated rings. The van der Waals surface area contributed by atoms with Crippen LogP contribution >= 0.6 is 0 Å². The average Bonchev–Trinajstić information content (AvgIpc) is 1.81. The monoisotopic (exact) mass is 144 g/mol. The molecule has 0 aromatic rings. The first kappa shape index (κ1) is 8.68. The summed E-state index contributed by atoms with van der Waals surface area (Å²) in [5.74, 6) is -3.26. The van der Waals surface area contributed by atoms with Crippen molar-refractivity contribution in [2.75, 3.05) is 0 Å². The van der Waals surface area contributed by atoms with Crippen LogP contribution in [-0.4, -0.2) is 22.2 Å². The van der Waals surface area contributed by atoms with Crippen molar-refractivity contribution in [3.05, 3.63) is 12.7 Å². The lowest BCUT2D eigenvalue weighted by molar-refractivity contribution is -0.146. The number of carboxylic acid groups (broad SMARTS) is 2. The van der Waals surface area contributed by atoms with Gasteiger partial charge in [-0.25, -0.2) is 0 Å². The van der Waals surface area contributed by atoms with Crippen molar-refractivity contribution in [2.45, 2.75) is 6.42 Å². The molecule has 0 bridgehead atoms. The number of hydrogen-bond acceptors (Lipinski definition) is 2. The minimum Gasteiger partial charge on any atom is -0.481 e. The predicted octanol–water partition coefficient (Wildman–Crippen LogP) is 0.348. The maximum Gasteiger partial charge on any atom is 0.310 e. The zero-order chi connectivity index (χ0) is 8.15. The maximum atomic E-state index is 10.1. The molecule has 2 N–H and O–H groups in total. The third kappa shape index (κ3) is 2.86. The Labute approximate surface area is 57.8 Å². The summed E-state index contributed by atoms with van der Waals surface area (Å²) in [4.78, 5) is 20.1. The van der Waals surface area contributed by atoms with E-state index in [1.54, 1.807) is 0 Å². The maximum absolute atomic E-state index is 10.1. The van der Waals surface area contributed by atoms with Crippen LogP contribution in [0.15, 0.2) is 12.7 Å². The Morgan fingerprint density at radius 3 is 2.10 bits per heavy atom. The Bertz CT molecular complexity index is 161. The Hall–Kier alpha value is -1.32. The summed E-state index contributed by atoms with van der Waals surface area (Å²) in [7, 11) is 0. The van der Waals surface area contributed by atoms with Crippen LogP contribution < -0.4 is 0 Å². The second kappa shape index (κ2) is 3.66. The number of carboxylic acids is 2. The first-order valence-electron chi connectivity index (χ1n) is 2.65. The molecule has 0 saturated heterocycles. The van der Waals surface area contributed by atoms with E-state index in [9.17, 15) is 9.59 Å². The number of carbonyl (C=O) groups is 2. The molecule has 0 aliphatic heterocycles. The van der Waals surface area contributed by atoms with Crippen molar-refractivity contribution in [2.24, 2.45) is 5.92 Å². The van der Waals surface area contributed by atoms with Crippen LogP contribution in [0.5, 0.6) is 0 Å². The van der Waals surface area contributed by atoms with Gasteiger partial charge in [0.2, 0.25) is 0 Å². The van der Waals surface area contributed by atoms with E-state index in [4.69, 9.17) is 10.2 Å². The molecule has 0 aromatic heterocycles. The van der Waals surface area contributed by atoms with Crippen LogP contribution in [0, 0.1) is 5.92 Å². The molecule has 0 saturated carbocycles. The van der Waals surface area contributed by atoms with E-state index in [-0.39, 0.29) is 0 Å². The molecule has 1 unspecified atom stereocenters. The van der Waals surface area contributed by atoms with Crippen LogP contribution in [0.1, 0.15) is 6.42 Å². The Kier molecular flexibility index (Phi) is 3.17. The summed E-state index contributed by atoms with van der Waals surface area (Å²) in [6.45, 7) is 3.19. The van der Waals surface area contributed by atoms with Gasteiger partial charge in [-0.05, 0) is 0 Å². The number of hydrogen-bond donors (Lipinski definition) is 2. The lowest BCUT2D eigenvalue weighted by Crippen LogP contribution is -2.14. The minimum atomic E-state index is -1.16. The van der Waals surface area contributed by atoms with Crippen LogP contribution in [0.4, 0.5) is 0 Å². The normalized spacial score (nSPS) is 12.0. The van der Waals surface area contributed by atoms with E-state index >= 15 is 0 Å². The molecule has 4 nitrogen and oxygen atoms in total. The van der Waals surface area contributed by atoms with Gasteiger partial charge in [0.1, 0.15) is 0 Å². The van der Waals surface area contributed by atoms with Crippen LogP contribution in [0.3, 0.4) is 0 Å². The summed E-state index contributed by atoms with van der Waals surface area (Å²) in [6.07, 6.45) is 0.704. The summed E-state index contributed by atoms with van der Waals surface area (Å²) >= 11 is 0. The fraction of sp³-hybridized carbons (Fsp3) is 0.333. The van der Waals surface area contributed by atoms with Gasteiger partial charge in [-0.1, -0.05) is 6.08 Å². The molecule has 0 amide bonds.